The van der Waals surface area contributed by atoms with E-state index in [-0.39, 0.29) is 0 Å². The maximum absolute atomic E-state index is 4.42. The normalized spacial score (nSPS) is 10.7. The lowest BCUT2D eigenvalue weighted by Crippen LogP contribution is -2.02. The van der Waals surface area contributed by atoms with E-state index in [0.717, 1.165) is 24.5 Å². The molecule has 3 heterocycles. The fraction of sp³-hybridized carbons (Fsp3) is 0.143. The number of aryl methyl sites for hydroxylation is 2. The van der Waals surface area contributed by atoms with Crippen LogP contribution in [0, 0.1) is 0 Å². The molecule has 0 aromatic carbocycles. The van der Waals surface area contributed by atoms with Crippen LogP contribution in [-0.2, 0) is 13.0 Å². The molecule has 0 spiro atoms. The van der Waals surface area contributed by atoms with Gasteiger partial charge in [-0.15, -0.1) is 11.3 Å². The van der Waals surface area contributed by atoms with Crippen LogP contribution in [0.25, 0.3) is 10.7 Å². The Morgan fingerprint density at radius 1 is 1.06 bits per heavy atom. The third-order valence-electron chi connectivity index (χ3n) is 2.79. The Morgan fingerprint density at radius 3 is 2.83 bits per heavy atom. The van der Waals surface area contributed by atoms with Crippen molar-refractivity contribution in [3.63, 3.8) is 0 Å². The van der Waals surface area contributed by atoms with Crippen LogP contribution in [-0.4, -0.2) is 14.5 Å². The molecular formula is C14H13N3S. The zero-order valence-corrected chi connectivity index (χ0v) is 10.7. The Morgan fingerprint density at radius 2 is 2.06 bits per heavy atom. The molecule has 0 saturated carbocycles. The molecule has 0 amide bonds. The quantitative estimate of drug-likeness (QED) is 0.716. The van der Waals surface area contributed by atoms with Gasteiger partial charge in [-0.05, 0) is 23.6 Å². The van der Waals surface area contributed by atoms with E-state index in [1.807, 2.05) is 30.7 Å². The fourth-order valence-corrected chi connectivity index (χ4v) is 2.64. The molecule has 90 valence electrons. The van der Waals surface area contributed by atoms with Gasteiger partial charge in [0.1, 0.15) is 5.82 Å². The SMILES string of the molecule is c1ccc(CCn2ccnc2-c2cccs2)nc1. The molecule has 3 aromatic rings. The number of imidazole rings is 1. The van der Waals surface area contributed by atoms with Crippen molar-refractivity contribution in [1.82, 2.24) is 14.5 Å². The van der Waals surface area contributed by atoms with Crippen molar-refractivity contribution in [3.05, 3.63) is 60.0 Å². The van der Waals surface area contributed by atoms with Gasteiger partial charge in [0.15, 0.2) is 0 Å². The summed E-state index contributed by atoms with van der Waals surface area (Å²) in [7, 11) is 0. The van der Waals surface area contributed by atoms with E-state index in [1.54, 1.807) is 11.3 Å². The highest BCUT2D eigenvalue weighted by molar-refractivity contribution is 7.13. The van der Waals surface area contributed by atoms with E-state index in [4.69, 9.17) is 0 Å². The van der Waals surface area contributed by atoms with E-state index >= 15 is 0 Å². The molecule has 0 unspecified atom stereocenters. The summed E-state index contributed by atoms with van der Waals surface area (Å²) >= 11 is 1.72. The molecule has 0 aliphatic carbocycles. The maximum Gasteiger partial charge on any atom is 0.149 e. The highest BCUT2D eigenvalue weighted by atomic mass is 32.1. The Bertz CT molecular complexity index is 599. The predicted octanol–water partition coefficient (Wildman–Crippen LogP) is 3.25. The van der Waals surface area contributed by atoms with Crippen LogP contribution in [0.2, 0.25) is 0 Å². The lowest BCUT2D eigenvalue weighted by atomic mass is 10.2. The minimum absolute atomic E-state index is 0.907. The van der Waals surface area contributed by atoms with Gasteiger partial charge in [0.2, 0.25) is 0 Å². The van der Waals surface area contributed by atoms with E-state index < -0.39 is 0 Å². The van der Waals surface area contributed by atoms with Crippen molar-refractivity contribution >= 4 is 11.3 Å². The predicted molar refractivity (Wildman–Crippen MR) is 73.5 cm³/mol. The molecule has 0 bridgehead atoms. The Kier molecular flexibility index (Phi) is 3.19. The van der Waals surface area contributed by atoms with Crippen molar-refractivity contribution in [1.29, 1.82) is 0 Å². The number of pyridine rings is 1. The molecule has 0 saturated heterocycles. The van der Waals surface area contributed by atoms with Gasteiger partial charge in [0, 0.05) is 37.3 Å². The molecule has 3 rings (SSSR count). The van der Waals surface area contributed by atoms with Gasteiger partial charge in [-0.2, -0.15) is 0 Å². The summed E-state index contributed by atoms with van der Waals surface area (Å²) in [5.41, 5.74) is 1.11. The van der Waals surface area contributed by atoms with Gasteiger partial charge in [0.05, 0.1) is 4.88 Å². The summed E-state index contributed by atoms with van der Waals surface area (Å²) in [5, 5.41) is 2.08. The van der Waals surface area contributed by atoms with Crippen LogP contribution >= 0.6 is 11.3 Å². The van der Waals surface area contributed by atoms with Crippen LogP contribution in [0.5, 0.6) is 0 Å². The lowest BCUT2D eigenvalue weighted by molar-refractivity contribution is 0.693. The second-order valence-electron chi connectivity index (χ2n) is 3.99. The highest BCUT2D eigenvalue weighted by Gasteiger charge is 2.06. The summed E-state index contributed by atoms with van der Waals surface area (Å²) in [4.78, 5) is 9.97. The monoisotopic (exact) mass is 255 g/mol. The van der Waals surface area contributed by atoms with E-state index in [1.165, 1.54) is 4.88 Å². The van der Waals surface area contributed by atoms with Crippen molar-refractivity contribution in [3.8, 4) is 10.7 Å². The first-order valence-electron chi connectivity index (χ1n) is 5.88. The van der Waals surface area contributed by atoms with Gasteiger partial charge < -0.3 is 4.57 Å². The number of nitrogens with zero attached hydrogens (tertiary/aromatic N) is 3. The number of thiophene rings is 1. The number of hydrogen-bond donors (Lipinski definition) is 0. The Balaban J connectivity index is 1.76. The van der Waals surface area contributed by atoms with Crippen LogP contribution in [0.15, 0.2) is 54.3 Å². The standard InChI is InChI=1S/C14H13N3S/c1-2-7-15-12(4-1)6-9-17-10-8-16-14(17)13-5-3-11-18-13/h1-5,7-8,10-11H,6,9H2. The average molecular weight is 255 g/mol. The summed E-state index contributed by atoms with van der Waals surface area (Å²) in [5.74, 6) is 1.04. The van der Waals surface area contributed by atoms with Crippen molar-refractivity contribution in [2.24, 2.45) is 0 Å². The van der Waals surface area contributed by atoms with Gasteiger partial charge in [-0.3, -0.25) is 4.98 Å². The van der Waals surface area contributed by atoms with Gasteiger partial charge >= 0.3 is 0 Å². The summed E-state index contributed by atoms with van der Waals surface area (Å²) in [6.45, 7) is 0.907. The average Bonchev–Trinajstić information content (AvgIpc) is 3.08. The first-order valence-corrected chi connectivity index (χ1v) is 6.76. The van der Waals surface area contributed by atoms with E-state index in [9.17, 15) is 0 Å². The minimum Gasteiger partial charge on any atom is -0.330 e. The summed E-state index contributed by atoms with van der Waals surface area (Å²) < 4.78 is 2.18. The minimum atomic E-state index is 0.907. The lowest BCUT2D eigenvalue weighted by Gasteiger charge is -2.06. The number of hydrogen-bond acceptors (Lipinski definition) is 3. The molecule has 3 aromatic heterocycles. The van der Waals surface area contributed by atoms with Gasteiger partial charge in [-0.25, -0.2) is 4.98 Å². The van der Waals surface area contributed by atoms with Gasteiger partial charge in [0.25, 0.3) is 0 Å². The Labute approximate surface area is 110 Å². The number of aromatic nitrogens is 3. The first-order chi connectivity index (χ1) is 8.93. The Hall–Kier alpha value is -1.94. The molecule has 3 nitrogen and oxygen atoms in total. The molecule has 4 heteroatoms. The summed E-state index contributed by atoms with van der Waals surface area (Å²) in [6.07, 6.45) is 6.64. The van der Waals surface area contributed by atoms with Crippen LogP contribution in [0.3, 0.4) is 0 Å². The highest BCUT2D eigenvalue weighted by Crippen LogP contribution is 2.22. The summed E-state index contributed by atoms with van der Waals surface area (Å²) in [6, 6.07) is 10.2. The molecule has 0 fully saturated rings. The second kappa shape index (κ2) is 5.14. The van der Waals surface area contributed by atoms with E-state index in [2.05, 4.69) is 38.1 Å². The van der Waals surface area contributed by atoms with Crippen molar-refractivity contribution in [2.75, 3.05) is 0 Å². The first kappa shape index (κ1) is 11.2. The third-order valence-corrected chi connectivity index (χ3v) is 3.66. The molecule has 0 aliphatic heterocycles. The van der Waals surface area contributed by atoms with Crippen LogP contribution < -0.4 is 0 Å². The topological polar surface area (TPSA) is 30.7 Å². The molecule has 0 atom stereocenters. The zero-order chi connectivity index (χ0) is 12.2. The smallest absolute Gasteiger partial charge is 0.149 e. The maximum atomic E-state index is 4.42. The number of rotatable bonds is 4. The fourth-order valence-electron chi connectivity index (χ4n) is 1.90. The molecule has 0 radical (unpaired) electrons. The van der Waals surface area contributed by atoms with Crippen molar-refractivity contribution < 1.29 is 0 Å². The zero-order valence-electron chi connectivity index (χ0n) is 9.86. The van der Waals surface area contributed by atoms with E-state index in [0.29, 0.717) is 0 Å². The second-order valence-corrected chi connectivity index (χ2v) is 4.94. The van der Waals surface area contributed by atoms with Gasteiger partial charge in [-0.1, -0.05) is 12.1 Å². The molecular weight excluding hydrogens is 242 g/mol. The largest absolute Gasteiger partial charge is 0.330 e. The molecule has 0 N–H and O–H groups in total. The molecule has 0 aliphatic rings. The molecule has 18 heavy (non-hydrogen) atoms. The van der Waals surface area contributed by atoms with Crippen molar-refractivity contribution in [2.45, 2.75) is 13.0 Å². The third kappa shape index (κ3) is 2.33. The van der Waals surface area contributed by atoms with Crippen LogP contribution in [0.4, 0.5) is 0 Å². The van der Waals surface area contributed by atoms with Crippen LogP contribution in [0.1, 0.15) is 5.69 Å².